The summed E-state index contributed by atoms with van der Waals surface area (Å²) in [6.07, 6.45) is 7.09. The van der Waals surface area contributed by atoms with Crippen LogP contribution < -0.4 is 15.4 Å². The molecule has 9 heteroatoms. The Morgan fingerprint density at radius 1 is 1.27 bits per heavy atom. The van der Waals surface area contributed by atoms with E-state index in [1.165, 1.54) is 0 Å². The average Bonchev–Trinajstić information content (AvgIpc) is 3.09. The highest BCUT2D eigenvalue weighted by Crippen LogP contribution is 2.30. The quantitative estimate of drug-likeness (QED) is 0.218. The number of nitrogens with zero attached hydrogens (tertiary/aromatic N) is 3. The van der Waals surface area contributed by atoms with Crippen LogP contribution in [0.5, 0.6) is 0 Å². The van der Waals surface area contributed by atoms with Gasteiger partial charge in [0.25, 0.3) is 0 Å². The lowest BCUT2D eigenvalue weighted by Gasteiger charge is -2.19. The van der Waals surface area contributed by atoms with Crippen LogP contribution in [0.3, 0.4) is 0 Å². The third-order valence-electron chi connectivity index (χ3n) is 4.50. The monoisotopic (exact) mass is 398 g/mol. The van der Waals surface area contributed by atoms with Crippen LogP contribution in [0.1, 0.15) is 30.5 Å². The molecule has 0 spiro atoms. The Balaban J connectivity index is 2.23. The van der Waals surface area contributed by atoms with Crippen molar-refractivity contribution in [3.05, 3.63) is 11.3 Å². The summed E-state index contributed by atoms with van der Waals surface area (Å²) in [6, 6.07) is 0.325. The van der Waals surface area contributed by atoms with Crippen LogP contribution in [0, 0.1) is 12.8 Å². The molecule has 7 nitrogen and oxygen atoms in total. The fourth-order valence-electron chi connectivity index (χ4n) is 3.21. The van der Waals surface area contributed by atoms with E-state index >= 15 is 0 Å². The number of anilines is 2. The standard InChI is InChI=1S/C17H30N6OS2/c1-11-14(16(18-2)25-3)15(22-13-6-5-12(9-13)10-24)23-17(21-11)19-7-8-20-26-4/h12-13,20,24H,5-10H2,1-4H3,(H2,19,21,22,23). The largest absolute Gasteiger partial charge is 0.396 e. The van der Waals surface area contributed by atoms with E-state index in [-0.39, 0.29) is 6.61 Å². The maximum Gasteiger partial charge on any atom is 0.224 e. The van der Waals surface area contributed by atoms with Crippen molar-refractivity contribution in [3.63, 3.8) is 0 Å². The van der Waals surface area contributed by atoms with Gasteiger partial charge in [-0.05, 0) is 44.6 Å². The number of aliphatic hydroxyl groups excluding tert-OH is 1. The molecule has 2 rings (SSSR count). The number of aryl methyl sites for hydroxylation is 1. The normalized spacial score (nSPS) is 20.4. The van der Waals surface area contributed by atoms with Gasteiger partial charge >= 0.3 is 0 Å². The molecule has 0 amide bonds. The molecule has 1 aliphatic rings. The first-order valence-electron chi connectivity index (χ1n) is 8.89. The first kappa shape index (κ1) is 21.3. The molecule has 1 saturated carbocycles. The van der Waals surface area contributed by atoms with Gasteiger partial charge in [0.15, 0.2) is 0 Å². The molecule has 1 heterocycles. The van der Waals surface area contributed by atoms with Crippen LogP contribution in [-0.2, 0) is 0 Å². The minimum Gasteiger partial charge on any atom is -0.396 e. The summed E-state index contributed by atoms with van der Waals surface area (Å²) in [4.78, 5) is 13.8. The van der Waals surface area contributed by atoms with Crippen molar-refractivity contribution in [2.45, 2.75) is 32.2 Å². The number of aromatic nitrogens is 2. The summed E-state index contributed by atoms with van der Waals surface area (Å²) in [5.74, 6) is 1.84. The van der Waals surface area contributed by atoms with Crippen molar-refractivity contribution in [2.75, 3.05) is 49.9 Å². The molecule has 26 heavy (non-hydrogen) atoms. The van der Waals surface area contributed by atoms with E-state index in [2.05, 4.69) is 25.3 Å². The van der Waals surface area contributed by atoms with E-state index < -0.39 is 0 Å². The Morgan fingerprint density at radius 3 is 2.69 bits per heavy atom. The molecule has 0 aromatic carbocycles. The van der Waals surface area contributed by atoms with Gasteiger partial charge in [-0.3, -0.25) is 9.71 Å². The Kier molecular flexibility index (Phi) is 8.97. The Morgan fingerprint density at radius 2 is 2.08 bits per heavy atom. The van der Waals surface area contributed by atoms with Crippen LogP contribution in [0.25, 0.3) is 0 Å². The molecular formula is C17H30N6OS2. The number of aliphatic imine (C=N–C) groups is 1. The molecule has 2 unspecified atom stereocenters. The average molecular weight is 399 g/mol. The summed E-state index contributed by atoms with van der Waals surface area (Å²) in [7, 11) is 1.80. The zero-order chi connectivity index (χ0) is 18.9. The molecular weight excluding hydrogens is 368 g/mol. The SMILES string of the molecule is CN=C(SC)c1c(C)nc(NCCNSC)nc1NC1CCC(CO)C1. The summed E-state index contributed by atoms with van der Waals surface area (Å²) in [5.41, 5.74) is 1.88. The lowest BCUT2D eigenvalue weighted by atomic mass is 10.1. The summed E-state index contributed by atoms with van der Waals surface area (Å²) < 4.78 is 3.20. The van der Waals surface area contributed by atoms with Gasteiger partial charge < -0.3 is 15.7 Å². The Labute approximate surface area is 164 Å². The lowest BCUT2D eigenvalue weighted by molar-refractivity contribution is 0.229. The third-order valence-corrected chi connectivity index (χ3v) is 5.76. The molecule has 2 atom stereocenters. The minimum atomic E-state index is 0.259. The van der Waals surface area contributed by atoms with Crippen molar-refractivity contribution in [3.8, 4) is 0 Å². The topological polar surface area (TPSA) is 94.5 Å². The highest BCUT2D eigenvalue weighted by molar-refractivity contribution is 8.13. The Bertz CT molecular complexity index is 613. The predicted molar refractivity (Wildman–Crippen MR) is 115 cm³/mol. The fourth-order valence-corrected chi connectivity index (χ4v) is 4.15. The van der Waals surface area contributed by atoms with Gasteiger partial charge in [0.1, 0.15) is 10.9 Å². The minimum absolute atomic E-state index is 0.259. The van der Waals surface area contributed by atoms with Crippen LogP contribution in [0.2, 0.25) is 0 Å². The van der Waals surface area contributed by atoms with Gasteiger partial charge in [0, 0.05) is 32.8 Å². The first-order valence-corrected chi connectivity index (χ1v) is 11.3. The van der Waals surface area contributed by atoms with E-state index in [9.17, 15) is 5.11 Å². The molecule has 1 aromatic heterocycles. The van der Waals surface area contributed by atoms with Crippen molar-refractivity contribution in [1.29, 1.82) is 0 Å². The van der Waals surface area contributed by atoms with Crippen LogP contribution >= 0.6 is 23.7 Å². The molecule has 1 fully saturated rings. The molecule has 1 aliphatic carbocycles. The fraction of sp³-hybridized carbons (Fsp3) is 0.706. The van der Waals surface area contributed by atoms with Crippen molar-refractivity contribution >= 4 is 40.5 Å². The molecule has 4 N–H and O–H groups in total. The maximum absolute atomic E-state index is 9.40. The molecule has 0 aliphatic heterocycles. The van der Waals surface area contributed by atoms with Gasteiger partial charge in [-0.15, -0.1) is 11.8 Å². The van der Waals surface area contributed by atoms with E-state index in [1.54, 1.807) is 30.8 Å². The van der Waals surface area contributed by atoms with Crippen LogP contribution in [0.4, 0.5) is 11.8 Å². The molecule has 0 radical (unpaired) electrons. The second-order valence-corrected chi connectivity index (χ2v) is 7.81. The Hall–Kier alpha value is -1.03. The number of thioether (sulfide) groups is 1. The van der Waals surface area contributed by atoms with Gasteiger partial charge in [-0.1, -0.05) is 11.9 Å². The second-order valence-electron chi connectivity index (χ2n) is 6.32. The highest BCUT2D eigenvalue weighted by Gasteiger charge is 2.26. The molecule has 0 bridgehead atoms. The predicted octanol–water partition coefficient (Wildman–Crippen LogP) is 2.38. The van der Waals surface area contributed by atoms with Gasteiger partial charge in [-0.2, -0.15) is 4.98 Å². The van der Waals surface area contributed by atoms with Gasteiger partial charge in [-0.25, -0.2) is 4.98 Å². The van der Waals surface area contributed by atoms with Crippen molar-refractivity contribution in [1.82, 2.24) is 14.7 Å². The van der Waals surface area contributed by atoms with E-state index in [1.807, 2.05) is 19.4 Å². The van der Waals surface area contributed by atoms with Crippen molar-refractivity contribution < 1.29 is 5.11 Å². The number of nitrogens with one attached hydrogen (secondary N) is 3. The van der Waals surface area contributed by atoms with Crippen LogP contribution in [-0.4, -0.2) is 65.4 Å². The number of aliphatic hydroxyl groups is 1. The zero-order valence-electron chi connectivity index (χ0n) is 16.0. The summed E-state index contributed by atoms with van der Waals surface area (Å²) >= 11 is 3.20. The number of hydrogen-bond donors (Lipinski definition) is 4. The van der Waals surface area contributed by atoms with E-state index in [4.69, 9.17) is 4.98 Å². The van der Waals surface area contributed by atoms with Crippen LogP contribution in [0.15, 0.2) is 4.99 Å². The summed E-state index contributed by atoms with van der Waals surface area (Å²) in [6.45, 7) is 3.85. The first-order chi connectivity index (χ1) is 12.6. The number of rotatable bonds is 9. The van der Waals surface area contributed by atoms with E-state index in [0.717, 1.165) is 54.5 Å². The molecule has 0 saturated heterocycles. The smallest absolute Gasteiger partial charge is 0.224 e. The van der Waals surface area contributed by atoms with E-state index in [0.29, 0.717) is 17.9 Å². The second kappa shape index (κ2) is 11.0. The zero-order valence-corrected chi connectivity index (χ0v) is 17.6. The van der Waals surface area contributed by atoms with Crippen molar-refractivity contribution in [2.24, 2.45) is 10.9 Å². The van der Waals surface area contributed by atoms with Gasteiger partial charge in [0.2, 0.25) is 5.95 Å². The third kappa shape index (κ3) is 5.73. The lowest BCUT2D eigenvalue weighted by Crippen LogP contribution is -2.22. The molecule has 1 aromatic rings. The maximum atomic E-state index is 9.40. The number of hydrogen-bond acceptors (Lipinski definition) is 9. The highest BCUT2D eigenvalue weighted by atomic mass is 32.2. The summed E-state index contributed by atoms with van der Waals surface area (Å²) in [5, 5.41) is 17.2. The van der Waals surface area contributed by atoms with Gasteiger partial charge in [0.05, 0.1) is 11.3 Å². The molecule has 146 valence electrons.